The van der Waals surface area contributed by atoms with E-state index in [1.54, 1.807) is 22.9 Å². The highest BCUT2D eigenvalue weighted by Gasteiger charge is 2.27. The normalized spacial score (nSPS) is 12.0. The monoisotopic (exact) mass is 364 g/mol. The van der Waals surface area contributed by atoms with Crippen molar-refractivity contribution >= 4 is 5.91 Å². The lowest BCUT2D eigenvalue weighted by Crippen LogP contribution is -2.35. The number of methoxy groups -OCH3 is 1. The third kappa shape index (κ3) is 4.60. The summed E-state index contributed by atoms with van der Waals surface area (Å²) < 4.78 is 7.36. The van der Waals surface area contributed by atoms with Gasteiger partial charge in [0.15, 0.2) is 6.10 Å². The van der Waals surface area contributed by atoms with Crippen LogP contribution in [0, 0.1) is 6.92 Å². The minimum atomic E-state index is -0.663. The summed E-state index contributed by atoms with van der Waals surface area (Å²) in [5.41, 5.74) is 3.54. The number of benzene rings is 1. The highest BCUT2D eigenvalue weighted by molar-refractivity contribution is 5.82. The first kappa shape index (κ1) is 18.8. The van der Waals surface area contributed by atoms with Gasteiger partial charge in [-0.2, -0.15) is 5.10 Å². The van der Waals surface area contributed by atoms with Gasteiger partial charge in [0.2, 0.25) is 0 Å². The fourth-order valence-corrected chi connectivity index (χ4v) is 3.08. The van der Waals surface area contributed by atoms with Gasteiger partial charge in [0.05, 0.1) is 30.2 Å². The molecule has 1 aromatic carbocycles. The van der Waals surface area contributed by atoms with Gasteiger partial charge in [0.25, 0.3) is 5.91 Å². The van der Waals surface area contributed by atoms with E-state index in [1.807, 2.05) is 68.6 Å². The molecule has 0 aliphatic rings. The lowest BCUT2D eigenvalue weighted by atomic mass is 10.1. The summed E-state index contributed by atoms with van der Waals surface area (Å²) in [6.45, 7) is 2.77. The van der Waals surface area contributed by atoms with Crippen LogP contribution in [-0.4, -0.2) is 32.7 Å². The molecular formula is C21H24N4O2. The number of rotatable bonds is 7. The minimum Gasteiger partial charge on any atom is -0.367 e. The molecule has 2 aromatic heterocycles. The van der Waals surface area contributed by atoms with Crippen LogP contribution in [0.1, 0.15) is 28.7 Å². The lowest BCUT2D eigenvalue weighted by Gasteiger charge is -2.27. The molecule has 0 aliphatic heterocycles. The van der Waals surface area contributed by atoms with Crippen molar-refractivity contribution < 1.29 is 9.53 Å². The Labute approximate surface area is 159 Å². The molecule has 6 nitrogen and oxygen atoms in total. The Morgan fingerprint density at radius 3 is 2.48 bits per heavy atom. The van der Waals surface area contributed by atoms with E-state index < -0.39 is 6.10 Å². The summed E-state index contributed by atoms with van der Waals surface area (Å²) in [5.74, 6) is -0.104. The predicted octanol–water partition coefficient (Wildman–Crippen LogP) is 3.04. The van der Waals surface area contributed by atoms with E-state index in [0.29, 0.717) is 13.1 Å². The molecule has 1 amide bonds. The number of carbonyl (C=O) groups is 1. The topological polar surface area (TPSA) is 60.2 Å². The third-order valence-electron chi connectivity index (χ3n) is 4.40. The number of aryl methyl sites for hydroxylation is 2. The lowest BCUT2D eigenvalue weighted by molar-refractivity contribution is -0.144. The molecule has 0 saturated heterocycles. The Kier molecular flexibility index (Phi) is 5.98. The Bertz CT molecular complexity index is 878. The number of carbonyl (C=O) groups excluding carboxylic acids is 1. The highest BCUT2D eigenvalue weighted by atomic mass is 16.5. The van der Waals surface area contributed by atoms with Crippen molar-refractivity contribution in [2.75, 3.05) is 7.11 Å². The number of ether oxygens (including phenoxy) is 1. The van der Waals surface area contributed by atoms with Crippen molar-refractivity contribution in [3.63, 3.8) is 0 Å². The van der Waals surface area contributed by atoms with Crippen molar-refractivity contribution in [2.24, 2.45) is 7.05 Å². The summed E-state index contributed by atoms with van der Waals surface area (Å²) in [6, 6.07) is 17.2. The summed E-state index contributed by atoms with van der Waals surface area (Å²) in [5, 5.41) is 4.39. The molecule has 1 atom stereocenters. The molecular weight excluding hydrogens is 340 g/mol. The van der Waals surface area contributed by atoms with Gasteiger partial charge in [-0.1, -0.05) is 36.4 Å². The fourth-order valence-electron chi connectivity index (χ4n) is 3.08. The molecule has 0 radical (unpaired) electrons. The zero-order chi connectivity index (χ0) is 19.2. The SMILES string of the molecule is COC(C(=O)N(Cc1ccccn1)Cc1cc(C)nn1C)c1ccccc1. The van der Waals surface area contributed by atoms with Gasteiger partial charge in [-0.3, -0.25) is 14.5 Å². The molecule has 0 N–H and O–H groups in total. The fraction of sp³-hybridized carbons (Fsp3) is 0.286. The summed E-state index contributed by atoms with van der Waals surface area (Å²) in [7, 11) is 3.44. The number of hydrogen-bond acceptors (Lipinski definition) is 4. The molecule has 140 valence electrons. The smallest absolute Gasteiger partial charge is 0.257 e. The Balaban J connectivity index is 1.90. The van der Waals surface area contributed by atoms with Crippen LogP contribution in [0.25, 0.3) is 0 Å². The standard InChI is InChI=1S/C21H24N4O2/c1-16-13-19(24(2)23-16)15-25(14-18-11-7-8-12-22-18)21(26)20(27-3)17-9-5-4-6-10-17/h4-13,20H,14-15H2,1-3H3. The van der Waals surface area contributed by atoms with Crippen LogP contribution in [0.2, 0.25) is 0 Å². The largest absolute Gasteiger partial charge is 0.367 e. The third-order valence-corrected chi connectivity index (χ3v) is 4.40. The second-order valence-corrected chi connectivity index (χ2v) is 6.44. The molecule has 0 aliphatic carbocycles. The van der Waals surface area contributed by atoms with Crippen molar-refractivity contribution in [2.45, 2.75) is 26.1 Å². The zero-order valence-electron chi connectivity index (χ0n) is 15.9. The zero-order valence-corrected chi connectivity index (χ0v) is 15.9. The van der Waals surface area contributed by atoms with Crippen LogP contribution >= 0.6 is 0 Å². The Hall–Kier alpha value is -2.99. The molecule has 0 saturated carbocycles. The van der Waals surface area contributed by atoms with Gasteiger partial charge < -0.3 is 9.64 Å². The number of aromatic nitrogens is 3. The number of amides is 1. The maximum atomic E-state index is 13.3. The van der Waals surface area contributed by atoms with Crippen LogP contribution in [0.4, 0.5) is 0 Å². The van der Waals surface area contributed by atoms with E-state index in [4.69, 9.17) is 4.74 Å². The van der Waals surface area contributed by atoms with Gasteiger partial charge in [-0.25, -0.2) is 0 Å². The first-order chi connectivity index (χ1) is 13.1. The number of nitrogens with zero attached hydrogens (tertiary/aromatic N) is 4. The van der Waals surface area contributed by atoms with Crippen LogP contribution in [-0.2, 0) is 29.7 Å². The molecule has 0 spiro atoms. The highest BCUT2D eigenvalue weighted by Crippen LogP contribution is 2.22. The van der Waals surface area contributed by atoms with Crippen molar-refractivity contribution in [3.05, 3.63) is 83.4 Å². The van der Waals surface area contributed by atoms with E-state index in [0.717, 1.165) is 22.6 Å². The Morgan fingerprint density at radius 2 is 1.89 bits per heavy atom. The van der Waals surface area contributed by atoms with Crippen molar-refractivity contribution in [1.29, 1.82) is 0 Å². The van der Waals surface area contributed by atoms with Gasteiger partial charge in [0.1, 0.15) is 0 Å². The Morgan fingerprint density at radius 1 is 1.15 bits per heavy atom. The molecule has 0 fully saturated rings. The molecule has 1 unspecified atom stereocenters. The van der Waals surface area contributed by atoms with Gasteiger partial charge in [0, 0.05) is 20.4 Å². The van der Waals surface area contributed by atoms with Gasteiger partial charge in [-0.15, -0.1) is 0 Å². The van der Waals surface area contributed by atoms with Crippen LogP contribution in [0.3, 0.4) is 0 Å². The predicted molar refractivity (Wildman–Crippen MR) is 103 cm³/mol. The van der Waals surface area contributed by atoms with E-state index in [-0.39, 0.29) is 5.91 Å². The maximum absolute atomic E-state index is 13.3. The molecule has 27 heavy (non-hydrogen) atoms. The summed E-state index contributed by atoms with van der Waals surface area (Å²) in [4.78, 5) is 19.5. The first-order valence-electron chi connectivity index (χ1n) is 8.84. The second kappa shape index (κ2) is 8.60. The quantitative estimate of drug-likeness (QED) is 0.646. The van der Waals surface area contributed by atoms with E-state index in [9.17, 15) is 4.79 Å². The van der Waals surface area contributed by atoms with E-state index >= 15 is 0 Å². The average Bonchev–Trinajstić information content (AvgIpc) is 3.00. The van der Waals surface area contributed by atoms with Crippen molar-refractivity contribution in [1.82, 2.24) is 19.7 Å². The minimum absolute atomic E-state index is 0.104. The summed E-state index contributed by atoms with van der Waals surface area (Å²) in [6.07, 6.45) is 1.07. The first-order valence-corrected chi connectivity index (χ1v) is 8.84. The molecule has 2 heterocycles. The average molecular weight is 364 g/mol. The molecule has 6 heteroatoms. The number of hydrogen-bond donors (Lipinski definition) is 0. The van der Waals surface area contributed by atoms with Gasteiger partial charge in [-0.05, 0) is 30.7 Å². The van der Waals surface area contributed by atoms with Crippen LogP contribution in [0.15, 0.2) is 60.8 Å². The van der Waals surface area contributed by atoms with E-state index in [2.05, 4.69) is 10.1 Å². The van der Waals surface area contributed by atoms with Gasteiger partial charge >= 0.3 is 0 Å². The molecule has 3 rings (SSSR count). The molecule has 3 aromatic rings. The van der Waals surface area contributed by atoms with Crippen molar-refractivity contribution in [3.8, 4) is 0 Å². The maximum Gasteiger partial charge on any atom is 0.257 e. The van der Waals surface area contributed by atoms with Crippen LogP contribution < -0.4 is 0 Å². The van der Waals surface area contributed by atoms with E-state index in [1.165, 1.54) is 0 Å². The summed E-state index contributed by atoms with van der Waals surface area (Å²) >= 11 is 0. The van der Waals surface area contributed by atoms with Crippen LogP contribution in [0.5, 0.6) is 0 Å². The molecule has 0 bridgehead atoms. The number of pyridine rings is 1. The second-order valence-electron chi connectivity index (χ2n) is 6.44.